The highest BCUT2D eigenvalue weighted by molar-refractivity contribution is 14.1. The van der Waals surface area contributed by atoms with Gasteiger partial charge in [0, 0.05) is 5.39 Å². The lowest BCUT2D eigenvalue weighted by Crippen LogP contribution is -2.39. The fourth-order valence-corrected chi connectivity index (χ4v) is 2.94. The van der Waals surface area contributed by atoms with Crippen molar-refractivity contribution in [3.05, 3.63) is 33.3 Å². The SMILES string of the molecule is CC1=C(C(N)=O)NN(c2cnc3[nH]c(I)cc3c2)C1C. The third kappa shape index (κ3) is 2.01. The molecule has 4 N–H and O–H groups in total. The molecule has 0 saturated carbocycles. The summed E-state index contributed by atoms with van der Waals surface area (Å²) in [6, 6.07) is 4.11. The number of nitrogens with one attached hydrogen (secondary N) is 2. The molecule has 7 heteroatoms. The largest absolute Gasteiger partial charge is 0.364 e. The van der Waals surface area contributed by atoms with Gasteiger partial charge in [-0.15, -0.1) is 0 Å². The summed E-state index contributed by atoms with van der Waals surface area (Å²) in [6.07, 6.45) is 1.77. The molecular formula is C13H14IN5O. The number of carbonyl (C=O) groups is 1. The minimum atomic E-state index is -0.443. The van der Waals surface area contributed by atoms with Gasteiger partial charge in [-0.3, -0.25) is 15.2 Å². The van der Waals surface area contributed by atoms with Crippen molar-refractivity contribution in [1.82, 2.24) is 15.4 Å². The zero-order valence-corrected chi connectivity index (χ0v) is 13.2. The molecule has 3 heterocycles. The molecule has 20 heavy (non-hydrogen) atoms. The molecule has 2 aromatic heterocycles. The number of fused-ring (bicyclic) bond motifs is 1. The van der Waals surface area contributed by atoms with Crippen LogP contribution < -0.4 is 16.2 Å². The molecule has 6 nitrogen and oxygen atoms in total. The lowest BCUT2D eigenvalue weighted by Gasteiger charge is -2.25. The van der Waals surface area contributed by atoms with Crippen molar-refractivity contribution in [1.29, 1.82) is 0 Å². The summed E-state index contributed by atoms with van der Waals surface area (Å²) in [5, 5.41) is 2.94. The molecule has 1 amide bonds. The first kappa shape index (κ1) is 13.2. The summed E-state index contributed by atoms with van der Waals surface area (Å²) in [5.74, 6) is -0.443. The third-order valence-electron chi connectivity index (χ3n) is 3.59. The van der Waals surface area contributed by atoms with Gasteiger partial charge < -0.3 is 10.7 Å². The zero-order chi connectivity index (χ0) is 14.4. The molecule has 0 aliphatic carbocycles. The first-order chi connectivity index (χ1) is 9.47. The van der Waals surface area contributed by atoms with Gasteiger partial charge in [0.25, 0.3) is 5.91 Å². The van der Waals surface area contributed by atoms with Crippen LogP contribution in [0.5, 0.6) is 0 Å². The second-order valence-electron chi connectivity index (χ2n) is 4.83. The van der Waals surface area contributed by atoms with Crippen LogP contribution in [0.3, 0.4) is 0 Å². The minimum absolute atomic E-state index is 0.0507. The first-order valence-corrected chi connectivity index (χ1v) is 7.26. The Morgan fingerprint density at radius 1 is 1.50 bits per heavy atom. The molecule has 0 bridgehead atoms. The van der Waals surface area contributed by atoms with E-state index in [-0.39, 0.29) is 6.04 Å². The number of nitrogens with zero attached hydrogens (tertiary/aromatic N) is 2. The van der Waals surface area contributed by atoms with E-state index in [1.807, 2.05) is 31.0 Å². The predicted molar refractivity (Wildman–Crippen MR) is 85.8 cm³/mol. The maximum atomic E-state index is 11.4. The lowest BCUT2D eigenvalue weighted by atomic mass is 10.1. The van der Waals surface area contributed by atoms with E-state index < -0.39 is 5.91 Å². The Morgan fingerprint density at radius 2 is 2.25 bits per heavy atom. The number of hydrazine groups is 1. The molecule has 0 spiro atoms. The Balaban J connectivity index is 1.98. The van der Waals surface area contributed by atoms with Crippen LogP contribution in [0.4, 0.5) is 5.69 Å². The van der Waals surface area contributed by atoms with Crippen molar-refractivity contribution in [2.24, 2.45) is 5.73 Å². The Labute approximate surface area is 129 Å². The van der Waals surface area contributed by atoms with E-state index in [0.717, 1.165) is 26.0 Å². The average molecular weight is 383 g/mol. The number of hydrogen-bond acceptors (Lipinski definition) is 4. The number of carbonyl (C=O) groups excluding carboxylic acids is 1. The Morgan fingerprint density at radius 3 is 2.90 bits per heavy atom. The van der Waals surface area contributed by atoms with Crippen LogP contribution in [0, 0.1) is 3.70 Å². The highest BCUT2D eigenvalue weighted by Crippen LogP contribution is 2.28. The average Bonchev–Trinajstić information content (AvgIpc) is 2.89. The molecule has 0 saturated heterocycles. The quantitative estimate of drug-likeness (QED) is 0.689. The molecule has 0 radical (unpaired) electrons. The molecule has 2 aromatic rings. The van der Waals surface area contributed by atoms with Crippen LogP contribution in [-0.2, 0) is 4.79 Å². The van der Waals surface area contributed by atoms with Crippen LogP contribution in [0.25, 0.3) is 11.0 Å². The summed E-state index contributed by atoms with van der Waals surface area (Å²) < 4.78 is 1.04. The van der Waals surface area contributed by atoms with E-state index in [2.05, 4.69) is 38.0 Å². The minimum Gasteiger partial charge on any atom is -0.364 e. The number of aromatic nitrogens is 2. The number of aromatic amines is 1. The number of pyridine rings is 1. The van der Waals surface area contributed by atoms with E-state index in [1.165, 1.54) is 0 Å². The van der Waals surface area contributed by atoms with Crippen molar-refractivity contribution in [3.8, 4) is 0 Å². The van der Waals surface area contributed by atoms with E-state index >= 15 is 0 Å². The summed E-state index contributed by atoms with van der Waals surface area (Å²) in [6.45, 7) is 3.92. The summed E-state index contributed by atoms with van der Waals surface area (Å²) in [5.41, 5.74) is 11.6. The van der Waals surface area contributed by atoms with Gasteiger partial charge in [0.1, 0.15) is 11.3 Å². The van der Waals surface area contributed by atoms with Gasteiger partial charge in [-0.1, -0.05) is 0 Å². The molecule has 0 fully saturated rings. The van der Waals surface area contributed by atoms with Gasteiger partial charge >= 0.3 is 0 Å². The standard InChI is InChI=1S/C13H14IN5O/c1-6-7(2)19(18-11(6)12(15)20)9-3-8-4-10(14)17-13(8)16-5-9/h3-5,7,18H,1-2H3,(H2,15,20)(H,16,17). The van der Waals surface area contributed by atoms with Gasteiger partial charge in [-0.2, -0.15) is 0 Å². The summed E-state index contributed by atoms with van der Waals surface area (Å²) in [4.78, 5) is 19.0. The van der Waals surface area contributed by atoms with Crippen molar-refractivity contribution in [3.63, 3.8) is 0 Å². The number of nitrogens with two attached hydrogens (primary N) is 1. The topological polar surface area (TPSA) is 87.0 Å². The molecule has 0 aromatic carbocycles. The number of H-pyrrole nitrogens is 1. The van der Waals surface area contributed by atoms with Crippen molar-refractivity contribution >= 4 is 45.2 Å². The maximum absolute atomic E-state index is 11.4. The number of rotatable bonds is 2. The smallest absolute Gasteiger partial charge is 0.266 e. The highest BCUT2D eigenvalue weighted by atomic mass is 127. The predicted octanol–water partition coefficient (Wildman–Crippen LogP) is 1.64. The molecule has 1 aliphatic heterocycles. The van der Waals surface area contributed by atoms with Gasteiger partial charge in [0.2, 0.25) is 0 Å². The summed E-state index contributed by atoms with van der Waals surface area (Å²) >= 11 is 2.22. The Hall–Kier alpha value is -1.77. The fraction of sp³-hybridized carbons (Fsp3) is 0.231. The van der Waals surface area contributed by atoms with Gasteiger partial charge in [0.15, 0.2) is 0 Å². The number of primary amides is 1. The van der Waals surface area contributed by atoms with Gasteiger partial charge in [-0.25, -0.2) is 4.98 Å². The van der Waals surface area contributed by atoms with Crippen LogP contribution in [0.2, 0.25) is 0 Å². The zero-order valence-electron chi connectivity index (χ0n) is 11.1. The summed E-state index contributed by atoms with van der Waals surface area (Å²) in [7, 11) is 0. The van der Waals surface area contributed by atoms with Crippen LogP contribution in [0.15, 0.2) is 29.6 Å². The molecular weight excluding hydrogens is 369 g/mol. The second-order valence-corrected chi connectivity index (χ2v) is 5.99. The number of hydrogen-bond donors (Lipinski definition) is 3. The van der Waals surface area contributed by atoms with Gasteiger partial charge in [-0.05, 0) is 54.1 Å². The van der Waals surface area contributed by atoms with Crippen LogP contribution >= 0.6 is 22.6 Å². The molecule has 3 rings (SSSR count). The third-order valence-corrected chi connectivity index (χ3v) is 4.17. The van der Waals surface area contributed by atoms with E-state index in [0.29, 0.717) is 5.70 Å². The molecule has 1 atom stereocenters. The normalized spacial score (nSPS) is 18.8. The highest BCUT2D eigenvalue weighted by Gasteiger charge is 2.29. The van der Waals surface area contributed by atoms with Crippen molar-refractivity contribution < 1.29 is 4.79 Å². The van der Waals surface area contributed by atoms with Gasteiger partial charge in [0.05, 0.1) is 21.6 Å². The van der Waals surface area contributed by atoms with Crippen molar-refractivity contribution in [2.75, 3.05) is 5.01 Å². The van der Waals surface area contributed by atoms with E-state index in [1.54, 1.807) is 6.20 Å². The second kappa shape index (κ2) is 4.65. The van der Waals surface area contributed by atoms with E-state index in [9.17, 15) is 4.79 Å². The lowest BCUT2D eigenvalue weighted by molar-refractivity contribution is -0.114. The monoisotopic (exact) mass is 383 g/mol. The van der Waals surface area contributed by atoms with Crippen LogP contribution in [-0.4, -0.2) is 21.9 Å². The number of halogens is 1. The molecule has 1 unspecified atom stereocenters. The Kier molecular flexibility index (Phi) is 3.08. The van der Waals surface area contributed by atoms with Crippen LogP contribution in [0.1, 0.15) is 13.8 Å². The first-order valence-electron chi connectivity index (χ1n) is 6.18. The number of amides is 1. The molecule has 104 valence electrons. The fourth-order valence-electron chi connectivity index (χ4n) is 2.35. The molecule has 1 aliphatic rings. The number of anilines is 1. The maximum Gasteiger partial charge on any atom is 0.266 e. The Bertz CT molecular complexity index is 735. The van der Waals surface area contributed by atoms with E-state index in [4.69, 9.17) is 5.73 Å². The van der Waals surface area contributed by atoms with Crippen molar-refractivity contribution in [2.45, 2.75) is 19.9 Å².